The van der Waals surface area contributed by atoms with Gasteiger partial charge in [-0.3, -0.25) is 0 Å². The van der Waals surface area contributed by atoms with Crippen LogP contribution < -0.4 is 12.4 Å². The Morgan fingerprint density at radius 3 is 2.58 bits per heavy atom. The largest absolute Gasteiger partial charge is 1.00 e. The van der Waals surface area contributed by atoms with Crippen LogP contribution in [0, 0.1) is 6.92 Å². The molecule has 0 amide bonds. The molecule has 1 nitrogen and oxygen atoms in total. The van der Waals surface area contributed by atoms with E-state index in [0.29, 0.717) is 0 Å². The molecule has 1 heterocycles. The zero-order chi connectivity index (χ0) is 7.68. The number of hydrogen-bond acceptors (Lipinski definition) is 0. The minimum Gasteiger partial charge on any atom is -1.00 e. The standard InChI is InChI=1S/C10H9O.ClH/c1-8-6-7-11-10-5-3-2-4-9(8)10;/h2-7H,1H3;1H/q+1;/p-1. The Morgan fingerprint density at radius 1 is 1.08 bits per heavy atom. The van der Waals surface area contributed by atoms with Crippen molar-refractivity contribution in [3.8, 4) is 0 Å². The Labute approximate surface area is 77.4 Å². The molecule has 0 spiro atoms. The smallest absolute Gasteiger partial charge is 0.360 e. The first-order valence-corrected chi connectivity index (χ1v) is 3.64. The maximum atomic E-state index is 5.29. The molecule has 0 aliphatic rings. The molecule has 0 bridgehead atoms. The Bertz CT molecular complexity index is 379. The van der Waals surface area contributed by atoms with Gasteiger partial charge in [0, 0.05) is 12.1 Å². The highest BCUT2D eigenvalue weighted by molar-refractivity contribution is 5.79. The summed E-state index contributed by atoms with van der Waals surface area (Å²) < 4.78 is 5.29. The Morgan fingerprint density at radius 2 is 1.83 bits per heavy atom. The molecule has 0 saturated carbocycles. The molecule has 2 heteroatoms. The van der Waals surface area contributed by atoms with Crippen LogP contribution in [0.3, 0.4) is 0 Å². The summed E-state index contributed by atoms with van der Waals surface area (Å²) in [4.78, 5) is 0. The van der Waals surface area contributed by atoms with E-state index in [-0.39, 0.29) is 12.4 Å². The predicted molar refractivity (Wildman–Crippen MR) is 45.4 cm³/mol. The van der Waals surface area contributed by atoms with Crippen LogP contribution in [-0.2, 0) is 0 Å². The lowest BCUT2D eigenvalue weighted by Crippen LogP contribution is -3.00. The second-order valence-corrected chi connectivity index (χ2v) is 2.60. The van der Waals surface area contributed by atoms with Crippen molar-refractivity contribution in [3.05, 3.63) is 42.2 Å². The molecule has 0 unspecified atom stereocenters. The van der Waals surface area contributed by atoms with Crippen LogP contribution in [0.15, 0.2) is 41.0 Å². The summed E-state index contributed by atoms with van der Waals surface area (Å²) in [6, 6.07) is 10.0. The van der Waals surface area contributed by atoms with Gasteiger partial charge in [-0.25, -0.2) is 4.42 Å². The van der Waals surface area contributed by atoms with Crippen molar-refractivity contribution in [1.82, 2.24) is 0 Å². The molecule has 0 N–H and O–H groups in total. The number of halogens is 1. The van der Waals surface area contributed by atoms with Crippen LogP contribution in [0.4, 0.5) is 0 Å². The van der Waals surface area contributed by atoms with Crippen molar-refractivity contribution in [2.75, 3.05) is 0 Å². The molecular weight excluding hydrogens is 172 g/mol. The molecule has 0 fully saturated rings. The van der Waals surface area contributed by atoms with Gasteiger partial charge in [0.25, 0.3) is 0 Å². The molecule has 1 aromatic carbocycles. The third-order valence-corrected chi connectivity index (χ3v) is 1.82. The molecule has 0 radical (unpaired) electrons. The van der Waals surface area contributed by atoms with Gasteiger partial charge < -0.3 is 12.4 Å². The number of rotatable bonds is 0. The van der Waals surface area contributed by atoms with Gasteiger partial charge >= 0.3 is 11.8 Å². The second-order valence-electron chi connectivity index (χ2n) is 2.60. The zero-order valence-corrected chi connectivity index (χ0v) is 7.51. The van der Waals surface area contributed by atoms with Crippen molar-refractivity contribution in [1.29, 1.82) is 0 Å². The Kier molecular flexibility index (Phi) is 2.66. The highest BCUT2D eigenvalue weighted by atomic mass is 35.5. The zero-order valence-electron chi connectivity index (χ0n) is 6.75. The monoisotopic (exact) mass is 180 g/mol. The van der Waals surface area contributed by atoms with E-state index in [1.165, 1.54) is 10.9 Å². The van der Waals surface area contributed by atoms with Gasteiger partial charge in [-0.05, 0) is 18.6 Å². The normalized spacial score (nSPS) is 9.42. The molecule has 2 rings (SSSR count). The van der Waals surface area contributed by atoms with Gasteiger partial charge in [0.15, 0.2) is 0 Å². The fourth-order valence-electron chi connectivity index (χ4n) is 1.19. The molecule has 12 heavy (non-hydrogen) atoms. The lowest BCUT2D eigenvalue weighted by atomic mass is 10.1. The molecule has 1 aromatic heterocycles. The van der Waals surface area contributed by atoms with Gasteiger partial charge in [-0.15, -0.1) is 0 Å². The summed E-state index contributed by atoms with van der Waals surface area (Å²) in [5, 5.41) is 1.19. The minimum atomic E-state index is 0. The molecule has 0 aliphatic heterocycles. The summed E-state index contributed by atoms with van der Waals surface area (Å²) in [6.45, 7) is 2.08. The van der Waals surface area contributed by atoms with E-state index in [4.69, 9.17) is 4.42 Å². The molecule has 62 valence electrons. The SMILES string of the molecule is Cc1cc[o+]c2ccccc12.[Cl-]. The van der Waals surface area contributed by atoms with E-state index < -0.39 is 0 Å². The fraction of sp³-hybridized carbons (Fsp3) is 0.100. The van der Waals surface area contributed by atoms with E-state index >= 15 is 0 Å². The van der Waals surface area contributed by atoms with Crippen LogP contribution in [0.5, 0.6) is 0 Å². The minimum absolute atomic E-state index is 0. The third kappa shape index (κ3) is 1.41. The number of para-hydroxylation sites is 1. The Balaban J connectivity index is 0.000000720. The highest BCUT2D eigenvalue weighted by Crippen LogP contribution is 2.16. The maximum Gasteiger partial charge on any atom is 0.360 e. The summed E-state index contributed by atoms with van der Waals surface area (Å²) in [5.74, 6) is 0. The molecule has 0 atom stereocenters. The maximum absolute atomic E-state index is 5.29. The van der Waals surface area contributed by atoms with Crippen LogP contribution in [0.1, 0.15) is 5.56 Å². The van der Waals surface area contributed by atoms with Gasteiger partial charge in [-0.1, -0.05) is 12.1 Å². The van der Waals surface area contributed by atoms with Gasteiger partial charge in [0.05, 0.1) is 5.39 Å². The first-order valence-electron chi connectivity index (χ1n) is 3.64. The summed E-state index contributed by atoms with van der Waals surface area (Å²) in [6.07, 6.45) is 1.72. The van der Waals surface area contributed by atoms with Crippen LogP contribution >= 0.6 is 0 Å². The van der Waals surface area contributed by atoms with E-state index in [9.17, 15) is 0 Å². The van der Waals surface area contributed by atoms with Crippen LogP contribution in [0.2, 0.25) is 0 Å². The summed E-state index contributed by atoms with van der Waals surface area (Å²) in [7, 11) is 0. The lowest BCUT2D eigenvalue weighted by Gasteiger charge is -1.89. The van der Waals surface area contributed by atoms with Gasteiger partial charge in [0.1, 0.15) is 0 Å². The number of hydrogen-bond donors (Lipinski definition) is 0. The van der Waals surface area contributed by atoms with Crippen molar-refractivity contribution in [2.24, 2.45) is 0 Å². The first-order chi connectivity index (χ1) is 5.38. The van der Waals surface area contributed by atoms with E-state index in [1.807, 2.05) is 24.3 Å². The molecule has 0 saturated heterocycles. The van der Waals surface area contributed by atoms with Gasteiger partial charge in [0.2, 0.25) is 0 Å². The van der Waals surface area contributed by atoms with Gasteiger partial charge in [-0.2, -0.15) is 0 Å². The summed E-state index contributed by atoms with van der Waals surface area (Å²) in [5.41, 5.74) is 2.21. The van der Waals surface area contributed by atoms with Crippen molar-refractivity contribution < 1.29 is 16.8 Å². The van der Waals surface area contributed by atoms with E-state index in [1.54, 1.807) is 6.26 Å². The lowest BCUT2D eigenvalue weighted by molar-refractivity contribution is -0.00000268. The number of aryl methyl sites for hydroxylation is 1. The quantitative estimate of drug-likeness (QED) is 0.521. The molecule has 2 aromatic rings. The number of fused-ring (bicyclic) bond motifs is 1. The topological polar surface area (TPSA) is 11.3 Å². The Hall–Kier alpha value is -1.08. The predicted octanol–water partition coefficient (Wildman–Crippen LogP) is 0.0263. The molecular formula is C10H9ClO. The van der Waals surface area contributed by atoms with Crippen molar-refractivity contribution in [2.45, 2.75) is 6.92 Å². The third-order valence-electron chi connectivity index (χ3n) is 1.82. The fourth-order valence-corrected chi connectivity index (χ4v) is 1.19. The highest BCUT2D eigenvalue weighted by Gasteiger charge is 2.04. The average Bonchev–Trinajstić information content (AvgIpc) is 2.06. The summed E-state index contributed by atoms with van der Waals surface area (Å²) >= 11 is 0. The van der Waals surface area contributed by atoms with Crippen LogP contribution in [0.25, 0.3) is 11.0 Å². The number of benzene rings is 1. The van der Waals surface area contributed by atoms with E-state index in [0.717, 1.165) is 5.58 Å². The van der Waals surface area contributed by atoms with Crippen molar-refractivity contribution >= 4 is 11.0 Å². The second kappa shape index (κ2) is 3.55. The van der Waals surface area contributed by atoms with Crippen molar-refractivity contribution in [3.63, 3.8) is 0 Å². The average molecular weight is 181 g/mol. The molecule has 0 aliphatic carbocycles. The van der Waals surface area contributed by atoms with E-state index in [2.05, 4.69) is 13.0 Å². The van der Waals surface area contributed by atoms with Crippen LogP contribution in [-0.4, -0.2) is 0 Å². The first kappa shape index (κ1) is 9.01.